The Balaban J connectivity index is 0.000000404. The van der Waals surface area contributed by atoms with Crippen molar-refractivity contribution in [3.63, 3.8) is 0 Å². The number of halogens is 1. The summed E-state index contributed by atoms with van der Waals surface area (Å²) in [6.07, 6.45) is 0. The zero-order valence-corrected chi connectivity index (χ0v) is 23.8. The van der Waals surface area contributed by atoms with Gasteiger partial charge in [-0.25, -0.2) is 9.59 Å². The molecule has 10 nitrogen and oxygen atoms in total. The number of esters is 2. The molecule has 4 N–H and O–H groups in total. The van der Waals surface area contributed by atoms with Crippen LogP contribution in [0.25, 0.3) is 0 Å². The van der Waals surface area contributed by atoms with E-state index in [1.165, 1.54) is 19.2 Å². The fourth-order valence-electron chi connectivity index (χ4n) is 3.83. The third kappa shape index (κ3) is 8.64. The number of dihydropyridines is 1. The predicted octanol–water partition coefficient (Wildman–Crippen LogP) is 3.51. The fraction of sp³-hybridized carbons (Fsp3) is 0.333. The molecular formula is C27H33ClN2O8S. The molecule has 2 aromatic carbocycles. The van der Waals surface area contributed by atoms with Gasteiger partial charge in [0.15, 0.2) is 0 Å². The quantitative estimate of drug-likeness (QED) is 0.228. The smallest absolute Gasteiger partial charge is 0.336 e. The summed E-state index contributed by atoms with van der Waals surface area (Å²) in [6, 6.07) is 13.0. The molecule has 1 unspecified atom stereocenters. The van der Waals surface area contributed by atoms with Crippen molar-refractivity contribution in [1.29, 1.82) is 0 Å². The third-order valence-electron chi connectivity index (χ3n) is 5.59. The fourth-order valence-corrected chi connectivity index (χ4v) is 4.55. The molecule has 1 aliphatic rings. The Labute approximate surface area is 233 Å². The average molecular weight is 581 g/mol. The van der Waals surface area contributed by atoms with Crippen molar-refractivity contribution in [2.45, 2.75) is 31.6 Å². The van der Waals surface area contributed by atoms with Crippen LogP contribution in [-0.2, 0) is 33.9 Å². The van der Waals surface area contributed by atoms with Crippen molar-refractivity contribution in [3.8, 4) is 0 Å². The molecule has 0 saturated heterocycles. The molecule has 2 aromatic rings. The Bertz CT molecular complexity index is 1340. The molecule has 1 heterocycles. The van der Waals surface area contributed by atoms with E-state index >= 15 is 0 Å². The summed E-state index contributed by atoms with van der Waals surface area (Å²) in [5.74, 6) is -1.86. The number of nitrogens with two attached hydrogens (primary N) is 1. The SMILES string of the molecule is CCOC(=O)C1=C(COCCN)NC(C)=C(C(=O)OC)C1c1ccccc1Cl.Cc1ccc(S(=O)(=O)O)cc1. The third-order valence-corrected chi connectivity index (χ3v) is 6.80. The Morgan fingerprint density at radius 3 is 2.23 bits per heavy atom. The van der Waals surface area contributed by atoms with E-state index in [4.69, 9.17) is 36.1 Å². The van der Waals surface area contributed by atoms with Crippen LogP contribution in [0.4, 0.5) is 0 Å². The van der Waals surface area contributed by atoms with Crippen LogP contribution in [0.1, 0.15) is 30.9 Å². The van der Waals surface area contributed by atoms with Gasteiger partial charge >= 0.3 is 11.9 Å². The summed E-state index contributed by atoms with van der Waals surface area (Å²) in [5, 5.41) is 3.52. The Morgan fingerprint density at radius 2 is 1.69 bits per heavy atom. The lowest BCUT2D eigenvalue weighted by Gasteiger charge is -2.31. The van der Waals surface area contributed by atoms with E-state index in [0.29, 0.717) is 40.7 Å². The summed E-state index contributed by atoms with van der Waals surface area (Å²) < 4.78 is 45.3. The number of carbonyl (C=O) groups is 2. The number of methoxy groups -OCH3 is 1. The number of ether oxygens (including phenoxy) is 3. The van der Waals surface area contributed by atoms with Crippen LogP contribution in [-0.4, -0.2) is 58.4 Å². The van der Waals surface area contributed by atoms with E-state index < -0.39 is 28.0 Å². The van der Waals surface area contributed by atoms with Crippen LogP contribution in [0, 0.1) is 6.92 Å². The largest absolute Gasteiger partial charge is 0.466 e. The van der Waals surface area contributed by atoms with E-state index in [2.05, 4.69) is 5.32 Å². The van der Waals surface area contributed by atoms with Crippen molar-refractivity contribution in [3.05, 3.63) is 87.2 Å². The minimum Gasteiger partial charge on any atom is -0.466 e. The molecular weight excluding hydrogens is 548 g/mol. The lowest BCUT2D eigenvalue weighted by molar-refractivity contribution is -0.139. The number of carbonyl (C=O) groups excluding carboxylic acids is 2. The van der Waals surface area contributed by atoms with Gasteiger partial charge in [0.25, 0.3) is 10.1 Å². The molecule has 1 atom stereocenters. The van der Waals surface area contributed by atoms with Crippen molar-refractivity contribution in [2.24, 2.45) is 5.73 Å². The molecule has 0 bridgehead atoms. The van der Waals surface area contributed by atoms with Crippen LogP contribution >= 0.6 is 11.6 Å². The highest BCUT2D eigenvalue weighted by atomic mass is 35.5. The van der Waals surface area contributed by atoms with Crippen LogP contribution in [0.3, 0.4) is 0 Å². The molecule has 3 rings (SSSR count). The summed E-state index contributed by atoms with van der Waals surface area (Å²) in [6.45, 7) is 6.26. The lowest BCUT2D eigenvalue weighted by atomic mass is 9.80. The molecule has 212 valence electrons. The number of hydrogen-bond donors (Lipinski definition) is 3. The Morgan fingerprint density at radius 1 is 1.05 bits per heavy atom. The van der Waals surface area contributed by atoms with Gasteiger partial charge in [0.05, 0.1) is 54.6 Å². The zero-order chi connectivity index (χ0) is 29.2. The highest BCUT2D eigenvalue weighted by Gasteiger charge is 2.39. The maximum atomic E-state index is 12.9. The van der Waals surface area contributed by atoms with Crippen LogP contribution in [0.2, 0.25) is 5.02 Å². The average Bonchev–Trinajstić information content (AvgIpc) is 2.88. The van der Waals surface area contributed by atoms with Gasteiger partial charge in [-0.05, 0) is 44.5 Å². The number of aryl methyl sites for hydroxylation is 1. The summed E-state index contributed by atoms with van der Waals surface area (Å²) in [7, 11) is -2.73. The summed E-state index contributed by atoms with van der Waals surface area (Å²) in [5.41, 5.74) is 8.66. The molecule has 0 radical (unpaired) electrons. The Hall–Kier alpha value is -3.22. The first kappa shape index (κ1) is 32.0. The lowest BCUT2D eigenvalue weighted by Crippen LogP contribution is -2.35. The number of rotatable bonds is 9. The van der Waals surface area contributed by atoms with Gasteiger partial charge in [-0.3, -0.25) is 4.55 Å². The maximum absolute atomic E-state index is 12.9. The summed E-state index contributed by atoms with van der Waals surface area (Å²) >= 11 is 6.42. The molecule has 0 amide bonds. The second-order valence-electron chi connectivity index (χ2n) is 8.35. The predicted molar refractivity (Wildman–Crippen MR) is 147 cm³/mol. The van der Waals surface area contributed by atoms with Gasteiger partial charge in [0, 0.05) is 17.3 Å². The van der Waals surface area contributed by atoms with Crippen molar-refractivity contribution < 1.29 is 36.8 Å². The molecule has 0 aromatic heterocycles. The van der Waals surface area contributed by atoms with Gasteiger partial charge in [-0.1, -0.05) is 47.5 Å². The van der Waals surface area contributed by atoms with Gasteiger partial charge in [-0.15, -0.1) is 0 Å². The second-order valence-corrected chi connectivity index (χ2v) is 10.2. The number of nitrogens with one attached hydrogen (secondary N) is 1. The topological polar surface area (TPSA) is 154 Å². The van der Waals surface area contributed by atoms with E-state index in [-0.39, 0.29) is 23.7 Å². The molecule has 0 spiro atoms. The van der Waals surface area contributed by atoms with Crippen LogP contribution in [0.5, 0.6) is 0 Å². The van der Waals surface area contributed by atoms with E-state index in [0.717, 1.165) is 5.56 Å². The zero-order valence-electron chi connectivity index (χ0n) is 22.2. The number of benzene rings is 2. The highest BCUT2D eigenvalue weighted by molar-refractivity contribution is 7.85. The van der Waals surface area contributed by atoms with Gasteiger partial charge in [0.2, 0.25) is 0 Å². The van der Waals surface area contributed by atoms with Crippen molar-refractivity contribution in [1.82, 2.24) is 5.32 Å². The first-order chi connectivity index (χ1) is 18.5. The second kappa shape index (κ2) is 14.8. The van der Waals surface area contributed by atoms with Gasteiger partial charge < -0.3 is 25.3 Å². The molecule has 0 aliphatic carbocycles. The molecule has 12 heteroatoms. The number of hydrogen-bond acceptors (Lipinski definition) is 9. The van der Waals surface area contributed by atoms with E-state index in [1.54, 1.807) is 50.2 Å². The Kier molecular flexibility index (Phi) is 12.1. The number of allylic oxidation sites excluding steroid dienone is 1. The van der Waals surface area contributed by atoms with Crippen molar-refractivity contribution >= 4 is 33.7 Å². The van der Waals surface area contributed by atoms with Crippen LogP contribution < -0.4 is 11.1 Å². The first-order valence-corrected chi connectivity index (χ1v) is 13.8. The van der Waals surface area contributed by atoms with E-state index in [1.807, 2.05) is 6.92 Å². The maximum Gasteiger partial charge on any atom is 0.336 e. The molecule has 0 fully saturated rings. The normalized spacial score (nSPS) is 15.2. The monoisotopic (exact) mass is 580 g/mol. The molecule has 39 heavy (non-hydrogen) atoms. The van der Waals surface area contributed by atoms with Crippen molar-refractivity contribution in [2.75, 3.05) is 33.5 Å². The molecule has 1 aliphatic heterocycles. The van der Waals surface area contributed by atoms with Gasteiger partial charge in [0.1, 0.15) is 0 Å². The standard InChI is InChI=1S/C20H25ClN2O5.C7H8O3S/c1-4-28-20(25)18-15(11-27-10-9-22)23-12(2)16(19(24)26-3)17(18)13-7-5-6-8-14(13)21;1-6-2-4-7(5-3-6)11(8,9)10/h5-8,17,23H,4,9-11,22H2,1-3H3;2-5H,1H3,(H,8,9,10). The van der Waals surface area contributed by atoms with Crippen LogP contribution in [0.15, 0.2) is 76.0 Å². The minimum absolute atomic E-state index is 0.0666. The first-order valence-electron chi connectivity index (χ1n) is 12.0. The van der Waals surface area contributed by atoms with E-state index in [9.17, 15) is 18.0 Å². The summed E-state index contributed by atoms with van der Waals surface area (Å²) in [4.78, 5) is 25.4. The molecule has 0 saturated carbocycles. The minimum atomic E-state index is -4.02. The highest BCUT2D eigenvalue weighted by Crippen LogP contribution is 2.41. The van der Waals surface area contributed by atoms with Gasteiger partial charge in [-0.2, -0.15) is 8.42 Å².